The molecule has 0 bridgehead atoms. The number of hydrogen-bond acceptors (Lipinski definition) is 3. The molecule has 0 amide bonds. The van der Waals surface area contributed by atoms with Crippen molar-refractivity contribution in [3.05, 3.63) is 29.6 Å². The van der Waals surface area contributed by atoms with Crippen LogP contribution in [0.5, 0.6) is 0 Å². The van der Waals surface area contributed by atoms with Crippen LogP contribution in [0.15, 0.2) is 18.5 Å². The monoisotopic (exact) mass is 222 g/mol. The third kappa shape index (κ3) is 5.24. The summed E-state index contributed by atoms with van der Waals surface area (Å²) >= 11 is 0. The van der Waals surface area contributed by atoms with Gasteiger partial charge in [-0.25, -0.2) is 0 Å². The van der Waals surface area contributed by atoms with Crippen LogP contribution < -0.4 is 5.32 Å². The van der Waals surface area contributed by atoms with Crippen molar-refractivity contribution in [2.24, 2.45) is 5.92 Å². The largest absolute Gasteiger partial charge is 0.392 e. The molecule has 0 aliphatic rings. The maximum Gasteiger partial charge on any atom is 0.0667 e. The Labute approximate surface area is 97.9 Å². The zero-order chi connectivity index (χ0) is 12.0. The molecule has 0 aliphatic carbocycles. The number of pyridine rings is 1. The van der Waals surface area contributed by atoms with Crippen molar-refractivity contribution < 1.29 is 5.11 Å². The lowest BCUT2D eigenvalue weighted by molar-refractivity contribution is 0.146. The fourth-order valence-electron chi connectivity index (χ4n) is 1.72. The van der Waals surface area contributed by atoms with Crippen molar-refractivity contribution in [2.75, 3.05) is 6.54 Å². The van der Waals surface area contributed by atoms with Crippen LogP contribution >= 0.6 is 0 Å². The van der Waals surface area contributed by atoms with E-state index in [2.05, 4.69) is 30.2 Å². The Kier molecular flexibility index (Phi) is 5.43. The summed E-state index contributed by atoms with van der Waals surface area (Å²) in [4.78, 5) is 4.13. The Morgan fingerprint density at radius 2 is 2.12 bits per heavy atom. The highest BCUT2D eigenvalue weighted by Crippen LogP contribution is 2.04. The molecule has 1 rings (SSSR count). The topological polar surface area (TPSA) is 45.2 Å². The van der Waals surface area contributed by atoms with E-state index in [4.69, 9.17) is 0 Å². The van der Waals surface area contributed by atoms with Crippen LogP contribution in [0, 0.1) is 12.8 Å². The van der Waals surface area contributed by atoms with Crippen LogP contribution in [0.25, 0.3) is 0 Å². The third-order valence-corrected chi connectivity index (χ3v) is 2.38. The molecule has 0 radical (unpaired) electrons. The maximum atomic E-state index is 9.67. The van der Waals surface area contributed by atoms with E-state index in [1.54, 1.807) is 0 Å². The fraction of sp³-hybridized carbons (Fsp3) is 0.615. The molecule has 0 saturated carbocycles. The van der Waals surface area contributed by atoms with E-state index >= 15 is 0 Å². The highest BCUT2D eigenvalue weighted by molar-refractivity contribution is 5.16. The standard InChI is InChI=1S/C13H22N2O/c1-10(2)4-13(16)9-15-8-12-5-11(3)6-14-7-12/h5-7,10,13,15-16H,4,8-9H2,1-3H3. The summed E-state index contributed by atoms with van der Waals surface area (Å²) in [5.41, 5.74) is 2.33. The highest BCUT2D eigenvalue weighted by Gasteiger charge is 2.05. The summed E-state index contributed by atoms with van der Waals surface area (Å²) < 4.78 is 0. The van der Waals surface area contributed by atoms with E-state index in [-0.39, 0.29) is 6.10 Å². The molecule has 1 unspecified atom stereocenters. The maximum absolute atomic E-state index is 9.67. The van der Waals surface area contributed by atoms with Gasteiger partial charge in [-0.1, -0.05) is 19.9 Å². The average Bonchev–Trinajstić information content (AvgIpc) is 2.16. The number of aryl methyl sites for hydroxylation is 1. The van der Waals surface area contributed by atoms with Crippen molar-refractivity contribution in [2.45, 2.75) is 39.8 Å². The smallest absolute Gasteiger partial charge is 0.0667 e. The zero-order valence-corrected chi connectivity index (χ0v) is 10.4. The summed E-state index contributed by atoms with van der Waals surface area (Å²) in [7, 11) is 0. The third-order valence-electron chi connectivity index (χ3n) is 2.38. The number of nitrogens with zero attached hydrogens (tertiary/aromatic N) is 1. The normalized spacial score (nSPS) is 13.1. The molecule has 1 aromatic rings. The van der Waals surface area contributed by atoms with Crippen molar-refractivity contribution in [1.82, 2.24) is 10.3 Å². The molecule has 0 aromatic carbocycles. The highest BCUT2D eigenvalue weighted by atomic mass is 16.3. The lowest BCUT2D eigenvalue weighted by Gasteiger charge is -2.13. The van der Waals surface area contributed by atoms with Gasteiger partial charge in [-0.15, -0.1) is 0 Å². The Bertz CT molecular complexity index is 313. The van der Waals surface area contributed by atoms with Crippen LogP contribution in [0.4, 0.5) is 0 Å². The number of rotatable bonds is 6. The van der Waals surface area contributed by atoms with Gasteiger partial charge in [0.05, 0.1) is 6.10 Å². The van der Waals surface area contributed by atoms with Crippen LogP contribution in [0.2, 0.25) is 0 Å². The van der Waals surface area contributed by atoms with E-state index in [1.807, 2.05) is 19.3 Å². The molecule has 3 heteroatoms. The first-order chi connectivity index (χ1) is 7.58. The van der Waals surface area contributed by atoms with Crippen molar-refractivity contribution >= 4 is 0 Å². The van der Waals surface area contributed by atoms with Crippen LogP contribution in [0.3, 0.4) is 0 Å². The van der Waals surface area contributed by atoms with Crippen LogP contribution in [-0.2, 0) is 6.54 Å². The lowest BCUT2D eigenvalue weighted by Crippen LogP contribution is -2.27. The predicted octanol–water partition coefficient (Wildman–Crippen LogP) is 1.89. The second kappa shape index (κ2) is 6.61. The van der Waals surface area contributed by atoms with Gasteiger partial charge in [-0.2, -0.15) is 0 Å². The minimum absolute atomic E-state index is 0.252. The summed E-state index contributed by atoms with van der Waals surface area (Å²) in [6.45, 7) is 7.68. The second-order valence-electron chi connectivity index (χ2n) is 4.78. The Hall–Kier alpha value is -0.930. The molecule has 16 heavy (non-hydrogen) atoms. The molecule has 90 valence electrons. The molecule has 2 N–H and O–H groups in total. The molecular weight excluding hydrogens is 200 g/mol. The van der Waals surface area contributed by atoms with Gasteiger partial charge < -0.3 is 10.4 Å². The van der Waals surface area contributed by atoms with E-state index in [9.17, 15) is 5.11 Å². The van der Waals surface area contributed by atoms with Crippen molar-refractivity contribution in [1.29, 1.82) is 0 Å². The molecule has 0 fully saturated rings. The Balaban J connectivity index is 2.25. The summed E-state index contributed by atoms with van der Waals surface area (Å²) in [6.07, 6.45) is 4.29. The minimum Gasteiger partial charge on any atom is -0.392 e. The lowest BCUT2D eigenvalue weighted by atomic mass is 10.1. The summed E-state index contributed by atoms with van der Waals surface area (Å²) in [6, 6.07) is 2.11. The predicted molar refractivity (Wildman–Crippen MR) is 66.1 cm³/mol. The SMILES string of the molecule is Cc1cncc(CNCC(O)CC(C)C)c1. The Morgan fingerprint density at radius 1 is 1.38 bits per heavy atom. The quantitative estimate of drug-likeness (QED) is 0.772. The molecule has 0 saturated heterocycles. The number of hydrogen-bond donors (Lipinski definition) is 2. The first kappa shape index (κ1) is 13.1. The molecule has 1 aromatic heterocycles. The van der Waals surface area contributed by atoms with Crippen molar-refractivity contribution in [3.63, 3.8) is 0 Å². The first-order valence-corrected chi connectivity index (χ1v) is 5.87. The van der Waals surface area contributed by atoms with Gasteiger partial charge in [-0.3, -0.25) is 4.98 Å². The first-order valence-electron chi connectivity index (χ1n) is 5.87. The minimum atomic E-state index is -0.252. The van der Waals surface area contributed by atoms with E-state index < -0.39 is 0 Å². The number of aromatic nitrogens is 1. The molecule has 0 aliphatic heterocycles. The van der Waals surface area contributed by atoms with Crippen molar-refractivity contribution in [3.8, 4) is 0 Å². The fourth-order valence-corrected chi connectivity index (χ4v) is 1.72. The second-order valence-corrected chi connectivity index (χ2v) is 4.78. The van der Waals surface area contributed by atoms with Crippen LogP contribution in [-0.4, -0.2) is 22.7 Å². The molecule has 1 heterocycles. The average molecular weight is 222 g/mol. The van der Waals surface area contributed by atoms with Gasteiger partial charge in [0, 0.05) is 25.5 Å². The van der Waals surface area contributed by atoms with Gasteiger partial charge in [0.15, 0.2) is 0 Å². The molecular formula is C13H22N2O. The van der Waals surface area contributed by atoms with Crippen LogP contribution in [0.1, 0.15) is 31.4 Å². The zero-order valence-electron chi connectivity index (χ0n) is 10.4. The summed E-state index contributed by atoms with van der Waals surface area (Å²) in [5, 5.41) is 12.9. The number of aliphatic hydroxyl groups excluding tert-OH is 1. The van der Waals surface area contributed by atoms with E-state index in [0.29, 0.717) is 12.5 Å². The molecule has 3 nitrogen and oxygen atoms in total. The number of nitrogens with one attached hydrogen (secondary N) is 1. The van der Waals surface area contributed by atoms with Gasteiger partial charge in [0.25, 0.3) is 0 Å². The molecule has 1 atom stereocenters. The van der Waals surface area contributed by atoms with E-state index in [0.717, 1.165) is 18.5 Å². The summed E-state index contributed by atoms with van der Waals surface area (Å²) in [5.74, 6) is 0.539. The molecule has 0 spiro atoms. The van der Waals surface area contributed by atoms with Gasteiger partial charge >= 0.3 is 0 Å². The van der Waals surface area contributed by atoms with Gasteiger partial charge in [0.2, 0.25) is 0 Å². The number of aliphatic hydroxyl groups is 1. The van der Waals surface area contributed by atoms with Gasteiger partial charge in [0.1, 0.15) is 0 Å². The van der Waals surface area contributed by atoms with Gasteiger partial charge in [-0.05, 0) is 30.4 Å². The Morgan fingerprint density at radius 3 is 2.75 bits per heavy atom. The van der Waals surface area contributed by atoms with E-state index in [1.165, 1.54) is 5.56 Å².